The van der Waals surface area contributed by atoms with Gasteiger partial charge in [-0.3, -0.25) is 4.79 Å². The summed E-state index contributed by atoms with van der Waals surface area (Å²) in [6, 6.07) is 1.52. The van der Waals surface area contributed by atoms with E-state index in [0.717, 1.165) is 0 Å². The molecule has 0 spiro atoms. The average molecular weight is 282 g/mol. The zero-order chi connectivity index (χ0) is 15.5. The monoisotopic (exact) mass is 282 g/mol. The van der Waals surface area contributed by atoms with Crippen LogP contribution in [0.15, 0.2) is 12.3 Å². The second-order valence-electron chi connectivity index (χ2n) is 5.61. The summed E-state index contributed by atoms with van der Waals surface area (Å²) in [7, 11) is 0. The molecular formula is C14H19FN2O3. The van der Waals surface area contributed by atoms with Crippen molar-refractivity contribution in [2.75, 3.05) is 0 Å². The number of aromatic nitrogens is 1. The van der Waals surface area contributed by atoms with E-state index < -0.39 is 23.2 Å². The summed E-state index contributed by atoms with van der Waals surface area (Å²) in [6.07, 6.45) is 1.83. The highest BCUT2D eigenvalue weighted by atomic mass is 19.1. The van der Waals surface area contributed by atoms with Gasteiger partial charge in [0.1, 0.15) is 5.54 Å². The van der Waals surface area contributed by atoms with Crippen molar-refractivity contribution in [2.24, 2.45) is 5.92 Å². The van der Waals surface area contributed by atoms with Crippen LogP contribution in [0.2, 0.25) is 0 Å². The Morgan fingerprint density at radius 3 is 2.55 bits per heavy atom. The van der Waals surface area contributed by atoms with E-state index in [1.54, 1.807) is 0 Å². The number of carbonyl (C=O) groups excluding carboxylic acids is 1. The maximum Gasteiger partial charge on any atom is 0.328 e. The van der Waals surface area contributed by atoms with Gasteiger partial charge in [-0.05, 0) is 37.8 Å². The SMILES string of the molecule is CC(C)Cc1ccnc(C(=O)NC(C)(C)C(=O)O)c1F. The number of hydrogen-bond donors (Lipinski definition) is 2. The highest BCUT2D eigenvalue weighted by Crippen LogP contribution is 2.15. The predicted octanol–water partition coefficient (Wildman–Crippen LogP) is 2.01. The first-order valence-corrected chi connectivity index (χ1v) is 6.34. The smallest absolute Gasteiger partial charge is 0.328 e. The number of amides is 1. The van der Waals surface area contributed by atoms with Crippen LogP contribution in [-0.2, 0) is 11.2 Å². The second kappa shape index (κ2) is 5.98. The van der Waals surface area contributed by atoms with Crippen LogP contribution in [0.5, 0.6) is 0 Å². The van der Waals surface area contributed by atoms with Crippen LogP contribution in [0.1, 0.15) is 43.7 Å². The van der Waals surface area contributed by atoms with Crippen LogP contribution in [0.4, 0.5) is 4.39 Å². The number of carboxylic acids is 1. The van der Waals surface area contributed by atoms with E-state index in [1.807, 2.05) is 13.8 Å². The first-order valence-electron chi connectivity index (χ1n) is 6.34. The molecule has 20 heavy (non-hydrogen) atoms. The van der Waals surface area contributed by atoms with Crippen LogP contribution in [0.3, 0.4) is 0 Å². The third-order valence-corrected chi connectivity index (χ3v) is 2.77. The van der Waals surface area contributed by atoms with E-state index in [4.69, 9.17) is 5.11 Å². The summed E-state index contributed by atoms with van der Waals surface area (Å²) in [6.45, 7) is 6.52. The number of rotatable bonds is 5. The van der Waals surface area contributed by atoms with Crippen molar-refractivity contribution in [3.05, 3.63) is 29.3 Å². The minimum Gasteiger partial charge on any atom is -0.480 e. The van der Waals surface area contributed by atoms with E-state index >= 15 is 0 Å². The van der Waals surface area contributed by atoms with Crippen molar-refractivity contribution >= 4 is 11.9 Å². The summed E-state index contributed by atoms with van der Waals surface area (Å²) >= 11 is 0. The molecule has 1 rings (SSSR count). The van der Waals surface area contributed by atoms with Crippen molar-refractivity contribution in [2.45, 2.75) is 39.7 Å². The van der Waals surface area contributed by atoms with Gasteiger partial charge in [0.25, 0.3) is 5.91 Å². The van der Waals surface area contributed by atoms with Gasteiger partial charge in [-0.1, -0.05) is 13.8 Å². The number of pyridine rings is 1. The summed E-state index contributed by atoms with van der Waals surface area (Å²) in [5, 5.41) is 11.2. The molecule has 0 aliphatic heterocycles. The van der Waals surface area contributed by atoms with Gasteiger partial charge in [0.05, 0.1) is 0 Å². The van der Waals surface area contributed by atoms with E-state index in [0.29, 0.717) is 12.0 Å². The maximum atomic E-state index is 14.2. The molecule has 0 bridgehead atoms. The van der Waals surface area contributed by atoms with Gasteiger partial charge < -0.3 is 10.4 Å². The number of halogens is 1. The van der Waals surface area contributed by atoms with E-state index in [9.17, 15) is 14.0 Å². The molecule has 5 nitrogen and oxygen atoms in total. The van der Waals surface area contributed by atoms with Gasteiger partial charge in [0.2, 0.25) is 0 Å². The molecule has 0 atom stereocenters. The molecule has 0 aromatic carbocycles. The summed E-state index contributed by atoms with van der Waals surface area (Å²) < 4.78 is 14.2. The Bertz CT molecular complexity index is 527. The van der Waals surface area contributed by atoms with Gasteiger partial charge in [0.15, 0.2) is 11.5 Å². The van der Waals surface area contributed by atoms with Crippen LogP contribution < -0.4 is 5.32 Å². The van der Waals surface area contributed by atoms with E-state index in [2.05, 4.69) is 10.3 Å². The Balaban J connectivity index is 3.03. The van der Waals surface area contributed by atoms with Gasteiger partial charge in [-0.15, -0.1) is 0 Å². The van der Waals surface area contributed by atoms with Gasteiger partial charge in [0, 0.05) is 6.20 Å². The Morgan fingerprint density at radius 1 is 1.45 bits per heavy atom. The Hall–Kier alpha value is -1.98. The molecular weight excluding hydrogens is 263 g/mol. The van der Waals surface area contributed by atoms with Gasteiger partial charge >= 0.3 is 5.97 Å². The lowest BCUT2D eigenvalue weighted by Crippen LogP contribution is -2.50. The average Bonchev–Trinajstić information content (AvgIpc) is 2.30. The molecule has 1 aromatic heterocycles. The molecule has 1 aromatic rings. The van der Waals surface area contributed by atoms with Crippen LogP contribution in [0.25, 0.3) is 0 Å². The van der Waals surface area contributed by atoms with Crippen molar-refractivity contribution in [3.63, 3.8) is 0 Å². The lowest BCUT2D eigenvalue weighted by atomic mass is 10.0. The molecule has 110 valence electrons. The van der Waals surface area contributed by atoms with Crippen molar-refractivity contribution in [3.8, 4) is 0 Å². The number of aliphatic carboxylic acids is 1. The lowest BCUT2D eigenvalue weighted by molar-refractivity contribution is -0.143. The fourth-order valence-corrected chi connectivity index (χ4v) is 1.64. The first-order chi connectivity index (χ1) is 9.15. The zero-order valence-electron chi connectivity index (χ0n) is 12.0. The Morgan fingerprint density at radius 2 is 2.05 bits per heavy atom. The molecule has 0 unspecified atom stereocenters. The number of nitrogens with zero attached hydrogens (tertiary/aromatic N) is 1. The van der Waals surface area contributed by atoms with Crippen LogP contribution in [-0.4, -0.2) is 27.5 Å². The Kier molecular flexibility index (Phi) is 4.81. The van der Waals surface area contributed by atoms with Crippen LogP contribution >= 0.6 is 0 Å². The van der Waals surface area contributed by atoms with Crippen molar-refractivity contribution in [1.29, 1.82) is 0 Å². The third-order valence-electron chi connectivity index (χ3n) is 2.77. The highest BCUT2D eigenvalue weighted by Gasteiger charge is 2.31. The van der Waals surface area contributed by atoms with Crippen molar-refractivity contribution < 1.29 is 19.1 Å². The molecule has 0 aliphatic carbocycles. The summed E-state index contributed by atoms with van der Waals surface area (Å²) in [5.74, 6) is -2.50. The topological polar surface area (TPSA) is 79.3 Å². The molecule has 0 aliphatic rings. The predicted molar refractivity (Wildman–Crippen MR) is 71.9 cm³/mol. The molecule has 0 saturated carbocycles. The lowest BCUT2D eigenvalue weighted by Gasteiger charge is -2.21. The minimum absolute atomic E-state index is 0.235. The summed E-state index contributed by atoms with van der Waals surface area (Å²) in [5.41, 5.74) is -1.47. The van der Waals surface area contributed by atoms with E-state index in [1.165, 1.54) is 26.1 Å². The number of hydrogen-bond acceptors (Lipinski definition) is 3. The minimum atomic E-state index is -1.49. The molecule has 0 saturated heterocycles. The fourth-order valence-electron chi connectivity index (χ4n) is 1.64. The molecule has 1 heterocycles. The fraction of sp³-hybridized carbons (Fsp3) is 0.500. The third kappa shape index (κ3) is 3.76. The largest absolute Gasteiger partial charge is 0.480 e. The second-order valence-corrected chi connectivity index (χ2v) is 5.61. The summed E-state index contributed by atoms with van der Waals surface area (Å²) in [4.78, 5) is 26.6. The standard InChI is InChI=1S/C14H19FN2O3/c1-8(2)7-9-5-6-16-11(10(9)15)12(18)17-14(3,4)13(19)20/h5-6,8H,7H2,1-4H3,(H,17,18)(H,19,20). The molecule has 2 N–H and O–H groups in total. The van der Waals surface area contributed by atoms with E-state index in [-0.39, 0.29) is 11.6 Å². The molecule has 1 amide bonds. The van der Waals surface area contributed by atoms with Crippen molar-refractivity contribution in [1.82, 2.24) is 10.3 Å². The normalized spacial score (nSPS) is 11.5. The molecule has 0 radical (unpaired) electrons. The number of nitrogens with one attached hydrogen (secondary N) is 1. The zero-order valence-corrected chi connectivity index (χ0v) is 12.0. The van der Waals surface area contributed by atoms with Gasteiger partial charge in [-0.25, -0.2) is 14.2 Å². The maximum absolute atomic E-state index is 14.2. The quantitative estimate of drug-likeness (QED) is 0.866. The molecule has 0 fully saturated rings. The number of carboxylic acid groups (broad SMARTS) is 1. The van der Waals surface area contributed by atoms with Crippen LogP contribution in [0, 0.1) is 11.7 Å². The van der Waals surface area contributed by atoms with Gasteiger partial charge in [-0.2, -0.15) is 0 Å². The molecule has 6 heteroatoms. The first kappa shape index (κ1) is 16.1. The Labute approximate surface area is 117 Å². The highest BCUT2D eigenvalue weighted by molar-refractivity contribution is 5.96. The number of carbonyl (C=O) groups is 2.